The van der Waals surface area contributed by atoms with E-state index in [0.29, 0.717) is 13.0 Å². The second-order valence-electron chi connectivity index (χ2n) is 8.37. The number of benzene rings is 1. The zero-order chi connectivity index (χ0) is 18.8. The van der Waals surface area contributed by atoms with Gasteiger partial charge >= 0.3 is 5.97 Å². The predicted molar refractivity (Wildman–Crippen MR) is 103 cm³/mol. The zero-order valence-corrected chi connectivity index (χ0v) is 16.2. The van der Waals surface area contributed by atoms with Gasteiger partial charge in [-0.1, -0.05) is 49.6 Å². The van der Waals surface area contributed by atoms with Crippen LogP contribution in [0.3, 0.4) is 0 Å². The molecular weight excluding hydrogens is 340 g/mol. The molecule has 146 valence electrons. The Morgan fingerprint density at radius 1 is 1.15 bits per heavy atom. The van der Waals surface area contributed by atoms with Crippen LogP contribution in [0.25, 0.3) is 0 Å². The van der Waals surface area contributed by atoms with E-state index < -0.39 is 0 Å². The maximum atomic E-state index is 13.1. The second-order valence-corrected chi connectivity index (χ2v) is 8.37. The average Bonchev–Trinajstić information content (AvgIpc) is 3.09. The van der Waals surface area contributed by atoms with Crippen LogP contribution in [-0.2, 0) is 14.3 Å². The number of carbonyl (C=O) groups excluding carboxylic acids is 2. The monoisotopic (exact) mass is 370 g/mol. The number of fused-ring (bicyclic) bond motifs is 1. The lowest BCUT2D eigenvalue weighted by Gasteiger charge is -2.41. The molecule has 1 amide bonds. The number of amides is 1. The van der Waals surface area contributed by atoms with Crippen molar-refractivity contribution in [2.75, 3.05) is 26.7 Å². The summed E-state index contributed by atoms with van der Waals surface area (Å²) in [6.45, 7) is 2.37. The minimum Gasteiger partial charge on any atom is -0.469 e. The van der Waals surface area contributed by atoms with Crippen LogP contribution in [0.1, 0.15) is 50.1 Å². The lowest BCUT2D eigenvalue weighted by Crippen LogP contribution is -2.55. The van der Waals surface area contributed by atoms with Gasteiger partial charge in [0.1, 0.15) is 0 Å². The van der Waals surface area contributed by atoms with Gasteiger partial charge in [-0.05, 0) is 30.7 Å². The number of carbonyl (C=O) groups is 2. The minimum atomic E-state index is -0.277. The fourth-order valence-electron chi connectivity index (χ4n) is 5.41. The summed E-state index contributed by atoms with van der Waals surface area (Å²) in [4.78, 5) is 29.9. The molecule has 1 aliphatic carbocycles. The van der Waals surface area contributed by atoms with Crippen molar-refractivity contribution in [2.24, 2.45) is 11.8 Å². The van der Waals surface area contributed by atoms with Gasteiger partial charge in [0, 0.05) is 19.1 Å². The van der Waals surface area contributed by atoms with Gasteiger partial charge in [0.25, 0.3) is 0 Å². The van der Waals surface area contributed by atoms with Crippen molar-refractivity contribution in [2.45, 2.75) is 50.6 Å². The minimum absolute atomic E-state index is 0.101. The van der Waals surface area contributed by atoms with Crippen LogP contribution in [0.5, 0.6) is 0 Å². The van der Waals surface area contributed by atoms with Crippen LogP contribution in [0.15, 0.2) is 30.3 Å². The summed E-state index contributed by atoms with van der Waals surface area (Å²) in [5.74, 6) is 0.397. The van der Waals surface area contributed by atoms with Gasteiger partial charge in [-0.2, -0.15) is 0 Å². The summed E-state index contributed by atoms with van der Waals surface area (Å²) in [7, 11) is 1.44. The lowest BCUT2D eigenvalue weighted by atomic mass is 9.88. The van der Waals surface area contributed by atoms with E-state index in [4.69, 9.17) is 4.74 Å². The molecule has 2 heterocycles. The molecule has 0 radical (unpaired) electrons. The van der Waals surface area contributed by atoms with E-state index in [2.05, 4.69) is 4.90 Å². The fraction of sp³-hybridized carbons (Fsp3) is 0.636. The quantitative estimate of drug-likeness (QED) is 0.765. The highest BCUT2D eigenvalue weighted by atomic mass is 16.5. The maximum Gasteiger partial charge on any atom is 0.311 e. The first kappa shape index (κ1) is 18.5. The Morgan fingerprint density at radius 2 is 1.89 bits per heavy atom. The third-order valence-electron chi connectivity index (χ3n) is 6.60. The Bertz CT molecular complexity index is 671. The molecule has 1 saturated carbocycles. The van der Waals surface area contributed by atoms with Gasteiger partial charge in [0.15, 0.2) is 0 Å². The van der Waals surface area contributed by atoms with E-state index in [-0.39, 0.29) is 29.9 Å². The van der Waals surface area contributed by atoms with Crippen molar-refractivity contribution >= 4 is 11.9 Å². The molecule has 3 atom stereocenters. The molecule has 4 rings (SSSR count). The molecule has 0 aromatic heterocycles. The highest BCUT2D eigenvalue weighted by molar-refractivity contribution is 5.83. The maximum absolute atomic E-state index is 13.1. The molecule has 5 nitrogen and oxygen atoms in total. The molecule has 3 aliphatic rings. The van der Waals surface area contributed by atoms with Crippen LogP contribution in [0.2, 0.25) is 0 Å². The molecule has 0 spiro atoms. The van der Waals surface area contributed by atoms with E-state index >= 15 is 0 Å². The van der Waals surface area contributed by atoms with Gasteiger partial charge in [-0.3, -0.25) is 14.5 Å². The van der Waals surface area contributed by atoms with Crippen molar-refractivity contribution in [3.8, 4) is 0 Å². The van der Waals surface area contributed by atoms with Gasteiger partial charge in [-0.25, -0.2) is 0 Å². The third-order valence-corrected chi connectivity index (χ3v) is 6.60. The average molecular weight is 370 g/mol. The Labute approximate surface area is 161 Å². The van der Waals surface area contributed by atoms with E-state index in [1.165, 1.54) is 39.2 Å². The summed E-state index contributed by atoms with van der Waals surface area (Å²) in [6.07, 6.45) is 7.27. The van der Waals surface area contributed by atoms with Gasteiger partial charge in [0.05, 0.1) is 25.6 Å². The van der Waals surface area contributed by atoms with Gasteiger partial charge in [-0.15, -0.1) is 0 Å². The number of esters is 1. The number of methoxy groups -OCH3 is 1. The lowest BCUT2D eigenvalue weighted by molar-refractivity contribution is -0.147. The Kier molecular flexibility index (Phi) is 5.48. The normalized spacial score (nSPS) is 29.6. The number of hydrogen-bond acceptors (Lipinski definition) is 4. The molecule has 0 N–H and O–H groups in total. The molecule has 27 heavy (non-hydrogen) atoms. The summed E-state index contributed by atoms with van der Waals surface area (Å²) < 4.78 is 5.09. The molecule has 5 heteroatoms. The molecule has 0 bridgehead atoms. The zero-order valence-electron chi connectivity index (χ0n) is 16.2. The van der Waals surface area contributed by atoms with Crippen LogP contribution in [-0.4, -0.2) is 54.5 Å². The van der Waals surface area contributed by atoms with E-state index in [1.807, 2.05) is 35.2 Å². The van der Waals surface area contributed by atoms with Crippen molar-refractivity contribution in [1.29, 1.82) is 0 Å². The van der Waals surface area contributed by atoms with Crippen LogP contribution >= 0.6 is 0 Å². The largest absolute Gasteiger partial charge is 0.469 e. The molecule has 1 aromatic rings. The summed E-state index contributed by atoms with van der Waals surface area (Å²) in [5.41, 5.74) is 1.03. The van der Waals surface area contributed by atoms with Crippen molar-refractivity contribution in [3.05, 3.63) is 35.9 Å². The van der Waals surface area contributed by atoms with Crippen molar-refractivity contribution in [3.63, 3.8) is 0 Å². The van der Waals surface area contributed by atoms with Crippen LogP contribution in [0, 0.1) is 11.8 Å². The SMILES string of the molecule is COC(=O)[C@H]1C[C@H]2CN(CC3CCCCC3)CC(=O)N2[C@H]1c1ccccc1. The van der Waals surface area contributed by atoms with E-state index in [0.717, 1.165) is 24.6 Å². The second kappa shape index (κ2) is 8.01. The van der Waals surface area contributed by atoms with Crippen molar-refractivity contribution in [1.82, 2.24) is 9.80 Å². The van der Waals surface area contributed by atoms with Crippen LogP contribution in [0.4, 0.5) is 0 Å². The summed E-state index contributed by atoms with van der Waals surface area (Å²) >= 11 is 0. The first-order valence-corrected chi connectivity index (χ1v) is 10.3. The van der Waals surface area contributed by atoms with Gasteiger partial charge < -0.3 is 9.64 Å². The summed E-state index contributed by atoms with van der Waals surface area (Å²) in [6, 6.07) is 9.85. The van der Waals surface area contributed by atoms with Crippen LogP contribution < -0.4 is 0 Å². The Balaban J connectivity index is 1.53. The Hall–Kier alpha value is -1.88. The van der Waals surface area contributed by atoms with E-state index in [1.54, 1.807) is 0 Å². The summed E-state index contributed by atoms with van der Waals surface area (Å²) in [5, 5.41) is 0. The molecule has 0 unspecified atom stereocenters. The van der Waals surface area contributed by atoms with Gasteiger partial charge in [0.2, 0.25) is 5.91 Å². The smallest absolute Gasteiger partial charge is 0.311 e. The molecular formula is C22H30N2O3. The number of nitrogens with zero attached hydrogens (tertiary/aromatic N) is 2. The number of hydrogen-bond donors (Lipinski definition) is 0. The van der Waals surface area contributed by atoms with Crippen molar-refractivity contribution < 1.29 is 14.3 Å². The highest BCUT2D eigenvalue weighted by Crippen LogP contribution is 2.43. The fourth-order valence-corrected chi connectivity index (χ4v) is 5.41. The molecule has 2 saturated heterocycles. The topological polar surface area (TPSA) is 49.9 Å². The standard InChI is InChI=1S/C22H30N2O3/c1-27-22(26)19-12-18-14-23(13-16-8-4-2-5-9-16)15-20(25)24(18)21(19)17-10-6-3-7-11-17/h3,6-7,10-11,16,18-19,21H,2,4-5,8-9,12-15H2,1H3/t18-,19-,21-/m0/s1. The molecule has 3 fully saturated rings. The number of piperazine rings is 1. The number of rotatable bonds is 4. The number of ether oxygens (including phenoxy) is 1. The third kappa shape index (κ3) is 3.75. The first-order chi connectivity index (χ1) is 13.2. The first-order valence-electron chi connectivity index (χ1n) is 10.3. The predicted octanol–water partition coefficient (Wildman–Crippen LogP) is 3.01. The highest BCUT2D eigenvalue weighted by Gasteiger charge is 2.50. The van der Waals surface area contributed by atoms with E-state index in [9.17, 15) is 9.59 Å². The Morgan fingerprint density at radius 3 is 2.59 bits per heavy atom. The molecule has 1 aromatic carbocycles. The molecule has 2 aliphatic heterocycles.